The minimum absolute atomic E-state index is 0.151. The van der Waals surface area contributed by atoms with Crippen LogP contribution in [0.3, 0.4) is 0 Å². The third-order valence-electron chi connectivity index (χ3n) is 8.50. The van der Waals surface area contributed by atoms with Gasteiger partial charge in [0.2, 0.25) is 6.79 Å². The van der Waals surface area contributed by atoms with E-state index in [9.17, 15) is 0 Å². The molecule has 218 valence electrons. The molecule has 2 aliphatic heterocycles. The van der Waals surface area contributed by atoms with Crippen molar-refractivity contribution in [3.05, 3.63) is 168 Å². The van der Waals surface area contributed by atoms with Gasteiger partial charge in [0, 0.05) is 11.2 Å². The maximum atomic E-state index is 6.50. The molecule has 8 rings (SSSR count). The van der Waals surface area contributed by atoms with Crippen molar-refractivity contribution in [3.8, 4) is 0 Å². The highest BCUT2D eigenvalue weighted by atomic mass is 31.1. The third-order valence-corrected chi connectivity index (χ3v) is 13.8. The fourth-order valence-electron chi connectivity index (χ4n) is 6.63. The summed E-state index contributed by atoms with van der Waals surface area (Å²) in [6.45, 7) is 0.493. The van der Waals surface area contributed by atoms with E-state index in [1.807, 2.05) is 0 Å². The number of allylic oxidation sites excluding steroid dienone is 3. The lowest BCUT2D eigenvalue weighted by atomic mass is 9.86. The molecular formula is C38H32O4P2. The summed E-state index contributed by atoms with van der Waals surface area (Å²) in [5.41, 5.74) is 2.56. The van der Waals surface area contributed by atoms with Crippen LogP contribution in [-0.2, 0) is 18.9 Å². The van der Waals surface area contributed by atoms with Crippen molar-refractivity contribution in [2.75, 3.05) is 13.6 Å². The lowest BCUT2D eigenvalue weighted by Crippen LogP contribution is -2.34. The number of rotatable bonds is 7. The highest BCUT2D eigenvalue weighted by Crippen LogP contribution is 2.57. The van der Waals surface area contributed by atoms with E-state index >= 15 is 0 Å². The van der Waals surface area contributed by atoms with Crippen LogP contribution in [0.25, 0.3) is 0 Å². The molecule has 3 atom stereocenters. The number of fused-ring (bicyclic) bond motifs is 2. The van der Waals surface area contributed by atoms with E-state index in [4.69, 9.17) is 18.9 Å². The van der Waals surface area contributed by atoms with E-state index in [2.05, 4.69) is 140 Å². The van der Waals surface area contributed by atoms with E-state index in [1.165, 1.54) is 37.7 Å². The minimum atomic E-state index is -0.907. The van der Waals surface area contributed by atoms with Crippen LogP contribution in [0, 0.1) is 0 Å². The van der Waals surface area contributed by atoms with Crippen LogP contribution < -0.4 is 21.2 Å². The summed E-state index contributed by atoms with van der Waals surface area (Å²) in [5.74, 6) is 1.70. The summed E-state index contributed by atoms with van der Waals surface area (Å²) < 4.78 is 25.1. The summed E-state index contributed by atoms with van der Waals surface area (Å²) >= 11 is 0. The highest BCUT2D eigenvalue weighted by molar-refractivity contribution is 7.77. The summed E-state index contributed by atoms with van der Waals surface area (Å²) in [6, 6.07) is 43.7. The van der Waals surface area contributed by atoms with Gasteiger partial charge >= 0.3 is 0 Å². The van der Waals surface area contributed by atoms with E-state index in [-0.39, 0.29) is 31.5 Å². The van der Waals surface area contributed by atoms with E-state index in [1.54, 1.807) is 0 Å². The van der Waals surface area contributed by atoms with E-state index in [0.29, 0.717) is 0 Å². The van der Waals surface area contributed by atoms with Crippen LogP contribution in [-0.4, -0.2) is 31.5 Å². The molecule has 0 saturated carbocycles. The van der Waals surface area contributed by atoms with Gasteiger partial charge in [-0.1, -0.05) is 133 Å². The molecule has 4 aromatic rings. The van der Waals surface area contributed by atoms with Crippen molar-refractivity contribution in [3.63, 3.8) is 0 Å². The first-order valence-corrected chi connectivity index (χ1v) is 17.8. The van der Waals surface area contributed by atoms with Crippen molar-refractivity contribution in [1.82, 2.24) is 0 Å². The second-order valence-corrected chi connectivity index (χ2v) is 15.6. The monoisotopic (exact) mass is 614 g/mol. The second kappa shape index (κ2) is 12.3. The van der Waals surface area contributed by atoms with Gasteiger partial charge in [0.15, 0.2) is 11.5 Å². The van der Waals surface area contributed by atoms with Crippen LogP contribution in [0.5, 0.6) is 0 Å². The lowest BCUT2D eigenvalue weighted by molar-refractivity contribution is 0.0490. The summed E-state index contributed by atoms with van der Waals surface area (Å²) in [5, 5.41) is 6.57. The molecule has 2 fully saturated rings. The van der Waals surface area contributed by atoms with Gasteiger partial charge in [-0.15, -0.1) is 0 Å². The number of hydrogen-bond acceptors (Lipinski definition) is 4. The van der Waals surface area contributed by atoms with Crippen molar-refractivity contribution in [2.24, 2.45) is 0 Å². The van der Waals surface area contributed by atoms with Crippen molar-refractivity contribution < 1.29 is 18.9 Å². The van der Waals surface area contributed by atoms with Crippen molar-refractivity contribution >= 4 is 37.1 Å². The fourth-order valence-corrected chi connectivity index (χ4v) is 12.0. The van der Waals surface area contributed by atoms with Crippen molar-refractivity contribution in [1.29, 1.82) is 0 Å². The molecule has 0 aromatic heterocycles. The molecule has 4 aromatic carbocycles. The predicted molar refractivity (Wildman–Crippen MR) is 179 cm³/mol. The van der Waals surface area contributed by atoms with Gasteiger partial charge in [-0.2, -0.15) is 0 Å². The van der Waals surface area contributed by atoms with Crippen molar-refractivity contribution in [2.45, 2.75) is 24.3 Å². The predicted octanol–water partition coefficient (Wildman–Crippen LogP) is 6.73. The Bertz CT molecular complexity index is 1670. The maximum absolute atomic E-state index is 6.50. The average molecular weight is 615 g/mol. The van der Waals surface area contributed by atoms with Crippen LogP contribution in [0.4, 0.5) is 0 Å². The molecule has 0 amide bonds. The molecule has 6 heteroatoms. The van der Waals surface area contributed by atoms with Gasteiger partial charge in [-0.25, -0.2) is 0 Å². The average Bonchev–Trinajstić information content (AvgIpc) is 3.77. The summed E-state index contributed by atoms with van der Waals surface area (Å²) in [4.78, 5) is 0. The first-order chi connectivity index (χ1) is 21.9. The Morgan fingerprint density at radius 2 is 1.14 bits per heavy atom. The molecule has 2 aliphatic carbocycles. The normalized spacial score (nSPS) is 22.5. The van der Waals surface area contributed by atoms with Gasteiger partial charge in [-0.05, 0) is 60.4 Å². The Kier molecular flexibility index (Phi) is 7.76. The SMILES string of the molecule is C1=CC2OCOC2C(C2=C3OCOC3=CCC2P(c2ccccc2)c2ccccc2)=C1P(c1ccccc1)c1ccccc1. The molecule has 4 nitrogen and oxygen atoms in total. The van der Waals surface area contributed by atoms with Gasteiger partial charge in [0.25, 0.3) is 0 Å². The Hall–Kier alpha value is -3.78. The first-order valence-electron chi connectivity index (χ1n) is 15.0. The maximum Gasteiger partial charge on any atom is 0.231 e. The van der Waals surface area contributed by atoms with Gasteiger partial charge in [-0.3, -0.25) is 0 Å². The largest absolute Gasteiger partial charge is 0.454 e. The number of hydrogen-bond donors (Lipinski definition) is 0. The molecule has 0 radical (unpaired) electrons. The lowest BCUT2D eigenvalue weighted by Gasteiger charge is -2.38. The van der Waals surface area contributed by atoms with Gasteiger partial charge in [0.05, 0.1) is 0 Å². The molecule has 3 unspecified atom stereocenters. The molecule has 44 heavy (non-hydrogen) atoms. The van der Waals surface area contributed by atoms with Crippen LogP contribution in [0.15, 0.2) is 168 Å². The molecule has 0 N–H and O–H groups in total. The number of ether oxygens (including phenoxy) is 4. The fraction of sp³-hybridized carbons (Fsp3) is 0.158. The topological polar surface area (TPSA) is 36.9 Å². The molecule has 0 spiro atoms. The molecular weight excluding hydrogens is 582 g/mol. The van der Waals surface area contributed by atoms with Gasteiger partial charge < -0.3 is 18.9 Å². The standard InChI is InChI=1S/C38H32O4P2/c1-5-13-27(14-6-1)43(28-15-7-2-8-16-28)33-23-21-31-37(41-25-39-31)35(33)36-34(24-22-32-38(36)42-26-40-32)44(29-17-9-3-10-18-29)30-19-11-4-12-20-30/h1-23,31,34,37H,24-26H2. The Balaban J connectivity index is 1.40. The molecule has 2 heterocycles. The zero-order chi connectivity index (χ0) is 29.3. The Labute approximate surface area is 260 Å². The quantitative estimate of drug-likeness (QED) is 0.217. The third kappa shape index (κ3) is 5.07. The first kappa shape index (κ1) is 27.7. The Morgan fingerprint density at radius 3 is 1.73 bits per heavy atom. The van der Waals surface area contributed by atoms with Crippen LogP contribution >= 0.6 is 15.8 Å². The smallest absolute Gasteiger partial charge is 0.231 e. The molecule has 4 aliphatic rings. The zero-order valence-corrected chi connectivity index (χ0v) is 25.9. The molecule has 0 bridgehead atoms. The molecule has 2 saturated heterocycles. The van der Waals surface area contributed by atoms with Gasteiger partial charge in [0.1, 0.15) is 19.0 Å². The minimum Gasteiger partial charge on any atom is -0.454 e. The van der Waals surface area contributed by atoms with E-state index < -0.39 is 15.8 Å². The highest BCUT2D eigenvalue weighted by Gasteiger charge is 2.45. The summed E-state index contributed by atoms with van der Waals surface area (Å²) in [6.07, 6.45) is 7.20. The number of benzene rings is 4. The Morgan fingerprint density at radius 1 is 0.568 bits per heavy atom. The summed E-state index contributed by atoms with van der Waals surface area (Å²) in [7, 11) is -1.71. The second-order valence-electron chi connectivity index (χ2n) is 11.0. The zero-order valence-electron chi connectivity index (χ0n) is 24.2. The van der Waals surface area contributed by atoms with Crippen LogP contribution in [0.2, 0.25) is 0 Å². The van der Waals surface area contributed by atoms with E-state index in [0.717, 1.165) is 17.9 Å². The van der Waals surface area contributed by atoms with Crippen LogP contribution in [0.1, 0.15) is 6.42 Å².